The van der Waals surface area contributed by atoms with Crippen molar-refractivity contribution in [3.8, 4) is 0 Å². The number of carbonyl (C=O) groups is 2. The van der Waals surface area contributed by atoms with E-state index in [1.807, 2.05) is 39.0 Å². The number of halogens is 1. The highest BCUT2D eigenvalue weighted by atomic mass is 79.9. The van der Waals surface area contributed by atoms with E-state index in [0.717, 1.165) is 26.3 Å². The molecule has 6 nitrogen and oxygen atoms in total. The molecule has 0 aliphatic heterocycles. The Morgan fingerprint density at radius 2 is 1.96 bits per heavy atom. The fourth-order valence-corrected chi connectivity index (χ4v) is 3.84. The Kier molecular flexibility index (Phi) is 6.77. The van der Waals surface area contributed by atoms with Crippen molar-refractivity contribution in [3.05, 3.63) is 48.5 Å². The molecule has 0 bridgehead atoms. The van der Waals surface area contributed by atoms with Gasteiger partial charge in [-0.25, -0.2) is 0 Å². The van der Waals surface area contributed by atoms with Crippen LogP contribution in [-0.2, 0) is 16.1 Å². The van der Waals surface area contributed by atoms with Gasteiger partial charge in [0, 0.05) is 40.7 Å². The van der Waals surface area contributed by atoms with Crippen molar-refractivity contribution in [1.82, 2.24) is 9.47 Å². The fourth-order valence-electron chi connectivity index (χ4n) is 2.50. The normalized spacial score (nSPS) is 10.7. The second-order valence-corrected chi connectivity index (χ2v) is 8.25. The first-order valence-electron chi connectivity index (χ1n) is 8.16. The number of hydrogen-bond acceptors (Lipinski definition) is 4. The minimum absolute atomic E-state index is 0.0368. The van der Waals surface area contributed by atoms with Crippen LogP contribution in [0.1, 0.15) is 22.6 Å². The summed E-state index contributed by atoms with van der Waals surface area (Å²) in [6.45, 7) is 5.95. The van der Waals surface area contributed by atoms with Crippen molar-refractivity contribution < 1.29 is 9.59 Å². The highest BCUT2D eigenvalue weighted by Gasteiger charge is 2.15. The average Bonchev–Trinajstić information content (AvgIpc) is 2.80. The summed E-state index contributed by atoms with van der Waals surface area (Å²) in [4.78, 5) is 38.6. The minimum Gasteiger partial charge on any atom is -0.336 e. The van der Waals surface area contributed by atoms with Gasteiger partial charge in [-0.05, 0) is 44.5 Å². The molecule has 140 valence electrons. The molecule has 0 saturated carbocycles. The van der Waals surface area contributed by atoms with Crippen LogP contribution in [0.5, 0.6) is 0 Å². The van der Waals surface area contributed by atoms with E-state index < -0.39 is 0 Å². The van der Waals surface area contributed by atoms with Crippen LogP contribution < -0.4 is 10.2 Å². The maximum Gasteiger partial charge on any atom is 0.307 e. The summed E-state index contributed by atoms with van der Waals surface area (Å²) in [6.07, 6.45) is 0.179. The first-order chi connectivity index (χ1) is 12.2. The van der Waals surface area contributed by atoms with Gasteiger partial charge in [0.1, 0.15) is 0 Å². The van der Waals surface area contributed by atoms with E-state index in [-0.39, 0.29) is 29.7 Å². The third-order valence-electron chi connectivity index (χ3n) is 4.19. The molecule has 8 heteroatoms. The number of nitrogens with one attached hydrogen (secondary N) is 1. The third-order valence-corrected chi connectivity index (χ3v) is 5.68. The SMILES string of the molecule is Cc1cc(Br)ccc1NC(=O)CN(C)C(=O)CCn1c(C)c(C)sc1=O. The van der Waals surface area contributed by atoms with E-state index >= 15 is 0 Å². The zero-order valence-corrected chi connectivity index (χ0v) is 17.7. The lowest BCUT2D eigenvalue weighted by molar-refractivity contribution is -0.133. The monoisotopic (exact) mass is 439 g/mol. The van der Waals surface area contributed by atoms with E-state index in [1.54, 1.807) is 11.6 Å². The van der Waals surface area contributed by atoms with Crippen molar-refractivity contribution in [2.45, 2.75) is 33.7 Å². The van der Waals surface area contributed by atoms with Crippen molar-refractivity contribution in [1.29, 1.82) is 0 Å². The van der Waals surface area contributed by atoms with Crippen LogP contribution in [0.15, 0.2) is 27.5 Å². The van der Waals surface area contributed by atoms with Crippen molar-refractivity contribution >= 4 is 44.8 Å². The van der Waals surface area contributed by atoms with Crippen LogP contribution in [0.25, 0.3) is 0 Å². The van der Waals surface area contributed by atoms with Gasteiger partial charge in [-0.1, -0.05) is 27.3 Å². The Morgan fingerprint density at radius 1 is 1.27 bits per heavy atom. The van der Waals surface area contributed by atoms with Crippen molar-refractivity contribution in [2.75, 3.05) is 18.9 Å². The topological polar surface area (TPSA) is 71.4 Å². The molecule has 0 atom stereocenters. The summed E-state index contributed by atoms with van der Waals surface area (Å²) in [5.74, 6) is -0.436. The molecular weight excluding hydrogens is 418 g/mol. The maximum absolute atomic E-state index is 12.3. The van der Waals surface area contributed by atoms with Gasteiger partial charge in [0.05, 0.1) is 6.54 Å². The molecule has 1 aromatic carbocycles. The zero-order chi connectivity index (χ0) is 19.4. The lowest BCUT2D eigenvalue weighted by Gasteiger charge is -2.17. The van der Waals surface area contributed by atoms with Gasteiger partial charge < -0.3 is 14.8 Å². The second-order valence-electron chi connectivity index (χ2n) is 6.17. The highest BCUT2D eigenvalue weighted by molar-refractivity contribution is 9.10. The quantitative estimate of drug-likeness (QED) is 0.751. The van der Waals surface area contributed by atoms with Gasteiger partial charge in [0.2, 0.25) is 11.8 Å². The maximum atomic E-state index is 12.3. The molecule has 0 fully saturated rings. The zero-order valence-electron chi connectivity index (χ0n) is 15.3. The molecule has 2 aromatic rings. The summed E-state index contributed by atoms with van der Waals surface area (Å²) in [6, 6.07) is 5.57. The number of hydrogen-bond donors (Lipinski definition) is 1. The smallest absolute Gasteiger partial charge is 0.307 e. The summed E-state index contributed by atoms with van der Waals surface area (Å²) in [5.41, 5.74) is 2.54. The molecule has 1 aromatic heterocycles. The number of thiazole rings is 1. The molecule has 0 radical (unpaired) electrons. The van der Waals surface area contributed by atoms with E-state index in [9.17, 15) is 14.4 Å². The number of aryl methyl sites for hydroxylation is 2. The van der Waals surface area contributed by atoms with E-state index in [1.165, 1.54) is 16.2 Å². The van der Waals surface area contributed by atoms with Gasteiger partial charge in [0.15, 0.2) is 0 Å². The van der Waals surface area contributed by atoms with Gasteiger partial charge in [0.25, 0.3) is 0 Å². The molecule has 0 aliphatic carbocycles. The Hall–Kier alpha value is -1.93. The van der Waals surface area contributed by atoms with Crippen molar-refractivity contribution in [3.63, 3.8) is 0 Å². The molecule has 0 spiro atoms. The Labute approximate surface area is 165 Å². The van der Waals surface area contributed by atoms with Gasteiger partial charge in [-0.15, -0.1) is 0 Å². The highest BCUT2D eigenvalue weighted by Crippen LogP contribution is 2.20. The first-order valence-corrected chi connectivity index (χ1v) is 9.76. The molecule has 0 unspecified atom stereocenters. The summed E-state index contributed by atoms with van der Waals surface area (Å²) < 4.78 is 2.55. The average molecular weight is 440 g/mol. The van der Waals surface area contributed by atoms with Crippen molar-refractivity contribution in [2.24, 2.45) is 0 Å². The lowest BCUT2D eigenvalue weighted by atomic mass is 10.2. The van der Waals surface area contributed by atoms with Crippen LogP contribution in [0, 0.1) is 20.8 Å². The van der Waals surface area contributed by atoms with Gasteiger partial charge in [-0.3, -0.25) is 14.4 Å². The minimum atomic E-state index is -0.258. The van der Waals surface area contributed by atoms with E-state index in [2.05, 4.69) is 21.2 Å². The molecule has 0 aliphatic rings. The number of rotatable bonds is 6. The van der Waals surface area contributed by atoms with Gasteiger partial charge >= 0.3 is 4.87 Å². The van der Waals surface area contributed by atoms with Crippen LogP contribution in [0.4, 0.5) is 5.69 Å². The van der Waals surface area contributed by atoms with E-state index in [4.69, 9.17) is 0 Å². The molecule has 2 rings (SSSR count). The number of amides is 2. The van der Waals surface area contributed by atoms with E-state index in [0.29, 0.717) is 6.54 Å². The molecule has 26 heavy (non-hydrogen) atoms. The number of likely N-dealkylation sites (N-methyl/N-ethyl adjacent to an activating group) is 1. The summed E-state index contributed by atoms with van der Waals surface area (Å²) >= 11 is 4.57. The summed E-state index contributed by atoms with van der Waals surface area (Å²) in [5, 5.41) is 2.81. The number of carbonyl (C=O) groups excluding carboxylic acids is 2. The molecule has 1 heterocycles. The summed E-state index contributed by atoms with van der Waals surface area (Å²) in [7, 11) is 1.59. The number of anilines is 1. The number of nitrogens with zero attached hydrogens (tertiary/aromatic N) is 2. The number of aromatic nitrogens is 1. The molecule has 2 amide bonds. The van der Waals surface area contributed by atoms with Gasteiger partial charge in [-0.2, -0.15) is 0 Å². The van der Waals surface area contributed by atoms with Crippen LogP contribution >= 0.6 is 27.3 Å². The standard InChI is InChI=1S/C18H22BrN3O3S/c1-11-9-14(19)5-6-15(11)20-16(23)10-21(4)17(24)7-8-22-12(2)13(3)26-18(22)25/h5-6,9H,7-8,10H2,1-4H3,(H,20,23). The fraction of sp³-hybridized carbons (Fsp3) is 0.389. The Balaban J connectivity index is 1.89. The second kappa shape index (κ2) is 8.64. The largest absolute Gasteiger partial charge is 0.336 e. The predicted molar refractivity (Wildman–Crippen MR) is 108 cm³/mol. The first kappa shape index (κ1) is 20.4. The molecule has 1 N–H and O–H groups in total. The molecule has 0 saturated heterocycles. The predicted octanol–water partition coefficient (Wildman–Crippen LogP) is 3.08. The third kappa shape index (κ3) is 5.04. The number of benzene rings is 1. The Morgan fingerprint density at radius 3 is 2.54 bits per heavy atom. The van der Waals surface area contributed by atoms with Crippen LogP contribution in [0.2, 0.25) is 0 Å². The molecular formula is C18H22BrN3O3S. The van der Waals surface area contributed by atoms with Crippen LogP contribution in [-0.4, -0.2) is 34.9 Å². The lowest BCUT2D eigenvalue weighted by Crippen LogP contribution is -2.35. The Bertz CT molecular complexity index is 888. The van der Waals surface area contributed by atoms with Crippen LogP contribution in [0.3, 0.4) is 0 Å².